The normalized spacial score (nSPS) is 10.2. The standard InChI is InChI=1S/C19H16N4O2/c1-3-4-15-9-10-16-21-22-17(19(25)23(16)12-15)18(24)20-11-14-7-5-13(2)6-8-14/h5-10,12H,11H2,1-2H3,(H,20,24). The Bertz CT molecular complexity index is 1060. The van der Waals surface area contributed by atoms with Crippen LogP contribution in [-0.4, -0.2) is 20.5 Å². The molecule has 6 nitrogen and oxygen atoms in total. The van der Waals surface area contributed by atoms with Crippen LogP contribution in [0, 0.1) is 18.8 Å². The van der Waals surface area contributed by atoms with Gasteiger partial charge in [0.05, 0.1) is 0 Å². The summed E-state index contributed by atoms with van der Waals surface area (Å²) in [6, 6.07) is 11.2. The molecule has 6 heteroatoms. The number of rotatable bonds is 3. The number of carbonyl (C=O) groups is 1. The van der Waals surface area contributed by atoms with E-state index in [1.54, 1.807) is 25.3 Å². The number of hydrogen-bond acceptors (Lipinski definition) is 4. The number of fused-ring (bicyclic) bond motifs is 1. The van der Waals surface area contributed by atoms with Crippen LogP contribution in [0.25, 0.3) is 5.65 Å². The second-order valence-corrected chi connectivity index (χ2v) is 5.54. The topological polar surface area (TPSA) is 76.4 Å². The second kappa shape index (κ2) is 6.97. The number of hydrogen-bond donors (Lipinski definition) is 1. The van der Waals surface area contributed by atoms with Crippen LogP contribution in [0.2, 0.25) is 0 Å². The maximum absolute atomic E-state index is 12.5. The van der Waals surface area contributed by atoms with Crippen molar-refractivity contribution in [3.05, 3.63) is 75.3 Å². The minimum Gasteiger partial charge on any atom is -0.346 e. The third-order valence-electron chi connectivity index (χ3n) is 3.66. The van der Waals surface area contributed by atoms with Gasteiger partial charge in [0.1, 0.15) is 0 Å². The third-order valence-corrected chi connectivity index (χ3v) is 3.66. The number of nitrogens with one attached hydrogen (secondary N) is 1. The number of aromatic nitrogens is 3. The first kappa shape index (κ1) is 16.4. The molecule has 0 aliphatic heterocycles. The van der Waals surface area contributed by atoms with Crippen molar-refractivity contribution >= 4 is 11.6 Å². The first-order valence-corrected chi connectivity index (χ1v) is 7.74. The molecule has 1 amide bonds. The monoisotopic (exact) mass is 332 g/mol. The number of carbonyl (C=O) groups excluding carboxylic acids is 1. The summed E-state index contributed by atoms with van der Waals surface area (Å²) < 4.78 is 1.29. The van der Waals surface area contributed by atoms with Gasteiger partial charge in [-0.05, 0) is 31.5 Å². The summed E-state index contributed by atoms with van der Waals surface area (Å²) in [5, 5.41) is 10.4. The summed E-state index contributed by atoms with van der Waals surface area (Å²) in [4.78, 5) is 24.8. The van der Waals surface area contributed by atoms with Gasteiger partial charge < -0.3 is 5.32 Å². The molecule has 0 aliphatic carbocycles. The van der Waals surface area contributed by atoms with Crippen LogP contribution < -0.4 is 10.9 Å². The van der Waals surface area contributed by atoms with Gasteiger partial charge in [0.15, 0.2) is 5.65 Å². The summed E-state index contributed by atoms with van der Waals surface area (Å²) in [5.41, 5.74) is 2.34. The molecular formula is C19H16N4O2. The lowest BCUT2D eigenvalue weighted by Gasteiger charge is -2.06. The first-order chi connectivity index (χ1) is 12.1. The fraction of sp³-hybridized carbons (Fsp3) is 0.158. The van der Waals surface area contributed by atoms with Crippen LogP contribution in [0.15, 0.2) is 47.4 Å². The van der Waals surface area contributed by atoms with E-state index in [1.807, 2.05) is 31.2 Å². The number of nitrogens with zero attached hydrogens (tertiary/aromatic N) is 3. The smallest absolute Gasteiger partial charge is 0.289 e. The molecule has 25 heavy (non-hydrogen) atoms. The zero-order valence-electron chi connectivity index (χ0n) is 13.9. The molecule has 1 aromatic carbocycles. The van der Waals surface area contributed by atoms with E-state index in [9.17, 15) is 9.59 Å². The van der Waals surface area contributed by atoms with Crippen LogP contribution in [0.5, 0.6) is 0 Å². The fourth-order valence-corrected chi connectivity index (χ4v) is 2.33. The van der Waals surface area contributed by atoms with Crippen LogP contribution >= 0.6 is 0 Å². The Balaban J connectivity index is 1.87. The molecule has 0 fully saturated rings. The molecule has 0 saturated heterocycles. The molecule has 0 aliphatic rings. The van der Waals surface area contributed by atoms with Gasteiger partial charge in [0.25, 0.3) is 11.5 Å². The summed E-state index contributed by atoms with van der Waals surface area (Å²) in [7, 11) is 0. The molecule has 2 aromatic heterocycles. The van der Waals surface area contributed by atoms with Gasteiger partial charge in [0, 0.05) is 18.3 Å². The van der Waals surface area contributed by atoms with Crippen molar-refractivity contribution in [3.8, 4) is 11.8 Å². The van der Waals surface area contributed by atoms with Crippen LogP contribution in [0.3, 0.4) is 0 Å². The number of aryl methyl sites for hydroxylation is 1. The van der Waals surface area contributed by atoms with E-state index in [2.05, 4.69) is 27.4 Å². The van der Waals surface area contributed by atoms with Gasteiger partial charge in [-0.1, -0.05) is 35.7 Å². The lowest BCUT2D eigenvalue weighted by molar-refractivity contribution is 0.0943. The molecule has 2 heterocycles. The highest BCUT2D eigenvalue weighted by atomic mass is 16.2. The Labute approximate surface area is 144 Å². The molecule has 0 saturated carbocycles. The van der Waals surface area contributed by atoms with Gasteiger partial charge in [-0.15, -0.1) is 16.1 Å². The Hall–Kier alpha value is -3.46. The highest BCUT2D eigenvalue weighted by Gasteiger charge is 2.15. The zero-order chi connectivity index (χ0) is 17.8. The summed E-state index contributed by atoms with van der Waals surface area (Å²) in [6.45, 7) is 4.01. The average Bonchev–Trinajstić information content (AvgIpc) is 2.62. The molecular weight excluding hydrogens is 316 g/mol. The van der Waals surface area contributed by atoms with Crippen molar-refractivity contribution in [2.24, 2.45) is 0 Å². The van der Waals surface area contributed by atoms with Crippen molar-refractivity contribution in [2.75, 3.05) is 0 Å². The predicted molar refractivity (Wildman–Crippen MR) is 94.2 cm³/mol. The SMILES string of the molecule is CC#Cc1ccc2nnc(C(=O)NCc3ccc(C)cc3)c(=O)n2c1. The minimum atomic E-state index is -0.556. The summed E-state index contributed by atoms with van der Waals surface area (Å²) in [5.74, 6) is 5.08. The maximum Gasteiger partial charge on any atom is 0.289 e. The van der Waals surface area contributed by atoms with Crippen molar-refractivity contribution in [3.63, 3.8) is 0 Å². The van der Waals surface area contributed by atoms with Crippen LogP contribution in [-0.2, 0) is 6.54 Å². The van der Waals surface area contributed by atoms with Gasteiger partial charge >= 0.3 is 0 Å². The summed E-state index contributed by atoms with van der Waals surface area (Å²) in [6.07, 6.45) is 1.56. The largest absolute Gasteiger partial charge is 0.346 e. The zero-order valence-corrected chi connectivity index (χ0v) is 13.9. The average molecular weight is 332 g/mol. The van der Waals surface area contributed by atoms with Crippen molar-refractivity contribution < 1.29 is 4.79 Å². The number of amides is 1. The number of pyridine rings is 1. The van der Waals surface area contributed by atoms with E-state index in [1.165, 1.54) is 4.40 Å². The maximum atomic E-state index is 12.5. The van der Waals surface area contributed by atoms with Crippen molar-refractivity contribution in [1.82, 2.24) is 19.9 Å². The lowest BCUT2D eigenvalue weighted by atomic mass is 10.1. The lowest BCUT2D eigenvalue weighted by Crippen LogP contribution is -2.33. The van der Waals surface area contributed by atoms with Gasteiger partial charge in [0.2, 0.25) is 5.69 Å². The van der Waals surface area contributed by atoms with E-state index in [0.29, 0.717) is 17.8 Å². The minimum absolute atomic E-state index is 0.244. The summed E-state index contributed by atoms with van der Waals surface area (Å²) >= 11 is 0. The quantitative estimate of drug-likeness (QED) is 0.741. The molecule has 0 radical (unpaired) electrons. The predicted octanol–water partition coefficient (Wildman–Crippen LogP) is 1.70. The van der Waals surface area contributed by atoms with E-state index in [-0.39, 0.29) is 5.69 Å². The molecule has 3 aromatic rings. The highest BCUT2D eigenvalue weighted by molar-refractivity contribution is 5.91. The number of benzene rings is 1. The molecule has 0 atom stereocenters. The molecule has 1 N–H and O–H groups in total. The third kappa shape index (κ3) is 3.56. The Morgan fingerprint density at radius 2 is 1.92 bits per heavy atom. The fourth-order valence-electron chi connectivity index (χ4n) is 2.33. The Morgan fingerprint density at radius 3 is 2.64 bits per heavy atom. The van der Waals surface area contributed by atoms with Crippen molar-refractivity contribution in [1.29, 1.82) is 0 Å². The first-order valence-electron chi connectivity index (χ1n) is 7.74. The van der Waals surface area contributed by atoms with E-state index in [0.717, 1.165) is 11.1 Å². The Morgan fingerprint density at radius 1 is 1.16 bits per heavy atom. The van der Waals surface area contributed by atoms with Gasteiger partial charge in [-0.3, -0.25) is 14.0 Å². The second-order valence-electron chi connectivity index (χ2n) is 5.54. The van der Waals surface area contributed by atoms with E-state index in [4.69, 9.17) is 0 Å². The van der Waals surface area contributed by atoms with E-state index >= 15 is 0 Å². The van der Waals surface area contributed by atoms with Gasteiger partial charge in [-0.2, -0.15) is 0 Å². The molecule has 3 rings (SSSR count). The molecule has 124 valence electrons. The highest BCUT2D eigenvalue weighted by Crippen LogP contribution is 2.03. The Kier molecular flexibility index (Phi) is 4.57. The molecule has 0 spiro atoms. The molecule has 0 bridgehead atoms. The van der Waals surface area contributed by atoms with Crippen LogP contribution in [0.4, 0.5) is 0 Å². The van der Waals surface area contributed by atoms with E-state index < -0.39 is 11.5 Å². The van der Waals surface area contributed by atoms with Crippen molar-refractivity contribution in [2.45, 2.75) is 20.4 Å². The molecule has 0 unspecified atom stereocenters. The van der Waals surface area contributed by atoms with Crippen LogP contribution in [0.1, 0.15) is 34.1 Å². The van der Waals surface area contributed by atoms with Gasteiger partial charge in [-0.25, -0.2) is 0 Å².